The molecule has 0 unspecified atom stereocenters. The van der Waals surface area contributed by atoms with Gasteiger partial charge in [-0.25, -0.2) is 9.97 Å². The molecular formula is C16H19N5O. The lowest BCUT2D eigenvalue weighted by Gasteiger charge is -2.17. The van der Waals surface area contributed by atoms with E-state index in [4.69, 9.17) is 0 Å². The number of rotatable bonds is 5. The maximum atomic E-state index is 12.1. The van der Waals surface area contributed by atoms with Crippen LogP contribution in [0, 0.1) is 5.92 Å². The van der Waals surface area contributed by atoms with Gasteiger partial charge < -0.3 is 9.88 Å². The summed E-state index contributed by atoms with van der Waals surface area (Å²) in [4.78, 5) is 24.7. The van der Waals surface area contributed by atoms with Crippen molar-refractivity contribution in [2.45, 2.75) is 25.8 Å². The zero-order valence-corrected chi connectivity index (χ0v) is 12.4. The molecule has 2 aromatic heterocycles. The highest BCUT2D eigenvalue weighted by molar-refractivity contribution is 5.78. The van der Waals surface area contributed by atoms with Gasteiger partial charge in [0.2, 0.25) is 5.91 Å². The van der Waals surface area contributed by atoms with Gasteiger partial charge in [-0.15, -0.1) is 0 Å². The van der Waals surface area contributed by atoms with Crippen molar-refractivity contribution in [3.8, 4) is 11.5 Å². The topological polar surface area (TPSA) is 72.7 Å². The number of imidazole rings is 1. The molecule has 0 saturated heterocycles. The molecule has 0 radical (unpaired) electrons. The van der Waals surface area contributed by atoms with Crippen LogP contribution in [0.25, 0.3) is 11.5 Å². The van der Waals surface area contributed by atoms with Gasteiger partial charge in [-0.3, -0.25) is 9.78 Å². The van der Waals surface area contributed by atoms with E-state index in [-0.39, 0.29) is 11.8 Å². The lowest BCUT2D eigenvalue weighted by molar-refractivity contribution is -0.125. The van der Waals surface area contributed by atoms with Crippen molar-refractivity contribution in [1.82, 2.24) is 24.8 Å². The first-order valence-corrected chi connectivity index (χ1v) is 7.55. The van der Waals surface area contributed by atoms with Crippen molar-refractivity contribution in [1.29, 1.82) is 0 Å². The highest BCUT2D eigenvalue weighted by Gasteiger charge is 2.18. The fourth-order valence-electron chi connectivity index (χ4n) is 2.61. The summed E-state index contributed by atoms with van der Waals surface area (Å²) >= 11 is 0. The molecule has 1 amide bonds. The maximum absolute atomic E-state index is 12.1. The Labute approximate surface area is 129 Å². The van der Waals surface area contributed by atoms with E-state index < -0.39 is 0 Å². The molecule has 1 aliphatic carbocycles. The van der Waals surface area contributed by atoms with E-state index in [1.807, 2.05) is 10.8 Å². The van der Waals surface area contributed by atoms with E-state index in [1.165, 1.54) is 0 Å². The second kappa shape index (κ2) is 6.98. The summed E-state index contributed by atoms with van der Waals surface area (Å²) in [7, 11) is 0. The number of hydrogen-bond donors (Lipinski definition) is 1. The molecule has 1 N–H and O–H groups in total. The maximum Gasteiger partial charge on any atom is 0.223 e. The second-order valence-corrected chi connectivity index (χ2v) is 5.31. The Balaban J connectivity index is 1.55. The largest absolute Gasteiger partial charge is 0.354 e. The highest BCUT2D eigenvalue weighted by Crippen LogP contribution is 2.18. The van der Waals surface area contributed by atoms with Gasteiger partial charge in [0, 0.05) is 43.8 Å². The highest BCUT2D eigenvalue weighted by atomic mass is 16.1. The van der Waals surface area contributed by atoms with Gasteiger partial charge >= 0.3 is 0 Å². The van der Waals surface area contributed by atoms with Crippen LogP contribution in [0.5, 0.6) is 0 Å². The Morgan fingerprint density at radius 2 is 2.23 bits per heavy atom. The van der Waals surface area contributed by atoms with Gasteiger partial charge in [-0.2, -0.15) is 0 Å². The van der Waals surface area contributed by atoms with Crippen molar-refractivity contribution < 1.29 is 4.79 Å². The quantitative estimate of drug-likeness (QED) is 0.854. The predicted molar refractivity (Wildman–Crippen MR) is 82.7 cm³/mol. The molecule has 0 saturated carbocycles. The van der Waals surface area contributed by atoms with Gasteiger partial charge in [0.25, 0.3) is 0 Å². The molecule has 1 aliphatic rings. The number of allylic oxidation sites excluding steroid dienone is 2. The number of carbonyl (C=O) groups excluding carboxylic acids is 1. The molecule has 6 nitrogen and oxygen atoms in total. The summed E-state index contributed by atoms with van der Waals surface area (Å²) in [5.74, 6) is 1.03. The predicted octanol–water partition coefficient (Wildman–Crippen LogP) is 1.81. The Morgan fingerprint density at radius 3 is 3.00 bits per heavy atom. The minimum atomic E-state index is 0.118. The molecule has 2 aromatic rings. The van der Waals surface area contributed by atoms with Gasteiger partial charge in [0.1, 0.15) is 5.69 Å². The first kappa shape index (κ1) is 14.4. The summed E-state index contributed by atoms with van der Waals surface area (Å²) in [5.41, 5.74) is 0.733. The average molecular weight is 297 g/mol. The van der Waals surface area contributed by atoms with Crippen LogP contribution in [0.4, 0.5) is 0 Å². The summed E-state index contributed by atoms with van der Waals surface area (Å²) in [6.07, 6.45) is 15.6. The fraction of sp³-hybridized carbons (Fsp3) is 0.375. The van der Waals surface area contributed by atoms with Crippen molar-refractivity contribution in [3.63, 3.8) is 0 Å². The lowest BCUT2D eigenvalue weighted by atomic mass is 9.94. The van der Waals surface area contributed by atoms with Crippen LogP contribution in [-0.4, -0.2) is 32.0 Å². The average Bonchev–Trinajstić information content (AvgIpc) is 3.05. The van der Waals surface area contributed by atoms with Gasteiger partial charge in [0.15, 0.2) is 5.82 Å². The number of amides is 1. The molecule has 2 heterocycles. The summed E-state index contributed by atoms with van der Waals surface area (Å²) in [6.45, 7) is 1.25. The standard InChI is InChI=1S/C16H19N5O/c22-16(13-4-2-1-3-5-13)20-9-11-21-10-8-19-15(21)14-12-17-6-7-18-14/h1-2,6-8,10,12-13H,3-5,9,11H2,(H,20,22)/t13-/m1/s1. The lowest BCUT2D eigenvalue weighted by Crippen LogP contribution is -2.33. The molecule has 1 atom stereocenters. The molecule has 3 rings (SSSR count). The minimum absolute atomic E-state index is 0.118. The normalized spacial score (nSPS) is 17.4. The van der Waals surface area contributed by atoms with Gasteiger partial charge in [-0.1, -0.05) is 12.2 Å². The molecule has 0 fully saturated rings. The Hall–Kier alpha value is -2.50. The number of nitrogens with zero attached hydrogens (tertiary/aromatic N) is 4. The Morgan fingerprint density at radius 1 is 1.27 bits per heavy atom. The third kappa shape index (κ3) is 3.39. The molecule has 6 heteroatoms. The van der Waals surface area contributed by atoms with E-state index in [0.717, 1.165) is 30.8 Å². The SMILES string of the molecule is O=C(NCCn1ccnc1-c1cnccn1)[C@@H]1CC=CCC1. The smallest absolute Gasteiger partial charge is 0.223 e. The van der Waals surface area contributed by atoms with Crippen LogP contribution >= 0.6 is 0 Å². The molecule has 0 spiro atoms. The van der Waals surface area contributed by atoms with Crippen LogP contribution in [0.15, 0.2) is 43.1 Å². The number of carbonyl (C=O) groups is 1. The van der Waals surface area contributed by atoms with Crippen molar-refractivity contribution in [2.24, 2.45) is 5.92 Å². The van der Waals surface area contributed by atoms with Crippen molar-refractivity contribution in [2.75, 3.05) is 6.54 Å². The van der Waals surface area contributed by atoms with Gasteiger partial charge in [-0.05, 0) is 19.3 Å². The Bertz CT molecular complexity index is 650. The van der Waals surface area contributed by atoms with Crippen molar-refractivity contribution in [3.05, 3.63) is 43.1 Å². The van der Waals surface area contributed by atoms with E-state index in [1.54, 1.807) is 24.8 Å². The number of hydrogen-bond acceptors (Lipinski definition) is 4. The van der Waals surface area contributed by atoms with E-state index in [9.17, 15) is 4.79 Å². The van der Waals surface area contributed by atoms with E-state index in [0.29, 0.717) is 13.1 Å². The Kier molecular flexibility index (Phi) is 4.58. The van der Waals surface area contributed by atoms with E-state index in [2.05, 4.69) is 32.4 Å². The molecular weight excluding hydrogens is 278 g/mol. The fourth-order valence-corrected chi connectivity index (χ4v) is 2.61. The van der Waals surface area contributed by atoms with Gasteiger partial charge in [0.05, 0.1) is 6.20 Å². The number of aromatic nitrogens is 4. The molecule has 0 aliphatic heterocycles. The summed E-state index contributed by atoms with van der Waals surface area (Å²) < 4.78 is 1.98. The summed E-state index contributed by atoms with van der Waals surface area (Å²) in [6, 6.07) is 0. The zero-order valence-electron chi connectivity index (χ0n) is 12.4. The molecule has 22 heavy (non-hydrogen) atoms. The molecule has 0 aromatic carbocycles. The zero-order chi connectivity index (χ0) is 15.2. The number of nitrogens with one attached hydrogen (secondary N) is 1. The van der Waals surface area contributed by atoms with Crippen LogP contribution in [-0.2, 0) is 11.3 Å². The minimum Gasteiger partial charge on any atom is -0.354 e. The van der Waals surface area contributed by atoms with E-state index >= 15 is 0 Å². The van der Waals surface area contributed by atoms with Crippen LogP contribution in [0.2, 0.25) is 0 Å². The first-order chi connectivity index (χ1) is 10.8. The van der Waals surface area contributed by atoms with Crippen molar-refractivity contribution >= 4 is 5.91 Å². The third-order valence-corrected chi connectivity index (χ3v) is 3.80. The third-order valence-electron chi connectivity index (χ3n) is 3.80. The second-order valence-electron chi connectivity index (χ2n) is 5.31. The van der Waals surface area contributed by atoms with Crippen LogP contribution < -0.4 is 5.32 Å². The van der Waals surface area contributed by atoms with Crippen LogP contribution in [0.1, 0.15) is 19.3 Å². The first-order valence-electron chi connectivity index (χ1n) is 7.55. The molecule has 114 valence electrons. The van der Waals surface area contributed by atoms with Crippen LogP contribution in [0.3, 0.4) is 0 Å². The summed E-state index contributed by atoms with van der Waals surface area (Å²) in [5, 5.41) is 3.01. The monoisotopic (exact) mass is 297 g/mol. The molecule has 0 bridgehead atoms.